The maximum Gasteiger partial charge on any atom is 0.339 e. The molecule has 1 aliphatic rings. The number of unbranched alkanes of at least 4 members (excludes halogenated alkanes) is 2. The van der Waals surface area contributed by atoms with E-state index < -0.39 is 0 Å². The van der Waals surface area contributed by atoms with Crippen LogP contribution in [0.3, 0.4) is 0 Å². The second kappa shape index (κ2) is 7.23. The van der Waals surface area contributed by atoms with Gasteiger partial charge in [-0.3, -0.25) is 0 Å². The van der Waals surface area contributed by atoms with Crippen molar-refractivity contribution in [1.29, 1.82) is 0 Å². The molecule has 0 aliphatic heterocycles. The van der Waals surface area contributed by atoms with E-state index in [0.717, 1.165) is 34.9 Å². The standard InChI is InChI=1S/C22H30O3/c1-5-6-7-8-14(3)15(4)16-11-19(23)21-17-9-13(2)10-18(17)22(24)25-20(21)12-16/h11-15,23H,5-10H2,1-4H3. The fraction of sp³-hybridized carbons (Fsp3) is 0.591. The third kappa shape index (κ3) is 3.47. The Hall–Kier alpha value is -1.77. The Balaban J connectivity index is 1.97. The minimum Gasteiger partial charge on any atom is -0.507 e. The maximum absolute atomic E-state index is 12.3. The van der Waals surface area contributed by atoms with Gasteiger partial charge in [-0.15, -0.1) is 0 Å². The highest BCUT2D eigenvalue weighted by molar-refractivity contribution is 5.88. The molecule has 3 rings (SSSR count). The molecule has 0 saturated carbocycles. The highest BCUT2D eigenvalue weighted by atomic mass is 16.4. The van der Waals surface area contributed by atoms with E-state index in [4.69, 9.17) is 4.42 Å². The number of rotatable bonds is 6. The molecule has 0 radical (unpaired) electrons. The first kappa shape index (κ1) is 18.0. The molecule has 0 spiro atoms. The van der Waals surface area contributed by atoms with E-state index in [1.54, 1.807) is 0 Å². The van der Waals surface area contributed by atoms with E-state index in [2.05, 4.69) is 27.7 Å². The monoisotopic (exact) mass is 342 g/mol. The molecule has 1 aromatic heterocycles. The highest BCUT2D eigenvalue weighted by Gasteiger charge is 2.27. The molecule has 3 heteroatoms. The van der Waals surface area contributed by atoms with E-state index in [-0.39, 0.29) is 11.4 Å². The van der Waals surface area contributed by atoms with Crippen molar-refractivity contribution in [1.82, 2.24) is 0 Å². The van der Waals surface area contributed by atoms with Crippen molar-refractivity contribution < 1.29 is 9.52 Å². The minimum absolute atomic E-state index is 0.230. The van der Waals surface area contributed by atoms with Crippen LogP contribution < -0.4 is 5.63 Å². The summed E-state index contributed by atoms with van der Waals surface area (Å²) in [4.78, 5) is 12.3. The van der Waals surface area contributed by atoms with Gasteiger partial charge in [0.2, 0.25) is 0 Å². The fourth-order valence-corrected chi connectivity index (χ4v) is 4.20. The lowest BCUT2D eigenvalue weighted by Gasteiger charge is -2.21. The Labute approximate surface area is 150 Å². The van der Waals surface area contributed by atoms with Crippen molar-refractivity contribution >= 4 is 11.0 Å². The summed E-state index contributed by atoms with van der Waals surface area (Å²) in [6.07, 6.45) is 6.50. The van der Waals surface area contributed by atoms with E-state index in [1.807, 2.05) is 12.1 Å². The molecule has 1 aliphatic carbocycles. The third-order valence-corrected chi connectivity index (χ3v) is 5.97. The topological polar surface area (TPSA) is 50.4 Å². The Morgan fingerprint density at radius 2 is 1.92 bits per heavy atom. The van der Waals surface area contributed by atoms with Gasteiger partial charge < -0.3 is 9.52 Å². The molecule has 3 nitrogen and oxygen atoms in total. The first-order chi connectivity index (χ1) is 11.9. The molecule has 1 N–H and O–H groups in total. The number of benzene rings is 1. The van der Waals surface area contributed by atoms with Gasteiger partial charge in [-0.05, 0) is 53.9 Å². The van der Waals surface area contributed by atoms with Gasteiger partial charge in [-0.2, -0.15) is 0 Å². The lowest BCUT2D eigenvalue weighted by atomic mass is 9.85. The van der Waals surface area contributed by atoms with Crippen molar-refractivity contribution in [3.8, 4) is 5.75 Å². The van der Waals surface area contributed by atoms with Crippen molar-refractivity contribution in [2.75, 3.05) is 0 Å². The lowest BCUT2D eigenvalue weighted by Crippen LogP contribution is -2.09. The van der Waals surface area contributed by atoms with Crippen LogP contribution in [-0.2, 0) is 12.8 Å². The molecule has 3 unspecified atom stereocenters. The van der Waals surface area contributed by atoms with Crippen LogP contribution in [0.15, 0.2) is 21.3 Å². The molecule has 136 valence electrons. The van der Waals surface area contributed by atoms with Gasteiger partial charge in [0.25, 0.3) is 0 Å². The van der Waals surface area contributed by atoms with Crippen LogP contribution in [0.1, 0.15) is 76.0 Å². The third-order valence-electron chi connectivity index (χ3n) is 5.97. The summed E-state index contributed by atoms with van der Waals surface area (Å²) in [5, 5.41) is 11.4. The Morgan fingerprint density at radius 3 is 2.64 bits per heavy atom. The SMILES string of the molecule is CCCCCC(C)C(C)c1cc(O)c2c3c(c(=O)oc2c1)CC(C)C3. The van der Waals surface area contributed by atoms with Crippen molar-refractivity contribution in [2.24, 2.45) is 11.8 Å². The van der Waals surface area contributed by atoms with E-state index in [9.17, 15) is 9.90 Å². The van der Waals surface area contributed by atoms with Crippen LogP contribution in [0.4, 0.5) is 0 Å². The molecule has 0 saturated heterocycles. The number of phenolic OH excluding ortho intramolecular Hbond substituents is 1. The predicted molar refractivity (Wildman–Crippen MR) is 102 cm³/mol. The van der Waals surface area contributed by atoms with Gasteiger partial charge in [-0.1, -0.05) is 53.4 Å². The summed E-state index contributed by atoms with van der Waals surface area (Å²) in [7, 11) is 0. The van der Waals surface area contributed by atoms with Gasteiger partial charge in [-0.25, -0.2) is 4.79 Å². The van der Waals surface area contributed by atoms with Crippen molar-refractivity contribution in [2.45, 2.75) is 72.1 Å². The van der Waals surface area contributed by atoms with Crippen LogP contribution in [0.2, 0.25) is 0 Å². The zero-order valence-electron chi connectivity index (χ0n) is 15.9. The molecule has 0 bridgehead atoms. The van der Waals surface area contributed by atoms with Gasteiger partial charge in [0, 0.05) is 5.56 Å². The second-order valence-electron chi connectivity index (χ2n) is 8.03. The molecule has 0 amide bonds. The summed E-state index contributed by atoms with van der Waals surface area (Å²) in [5.41, 5.74) is 3.12. The van der Waals surface area contributed by atoms with E-state index in [1.165, 1.54) is 25.7 Å². The zero-order chi connectivity index (χ0) is 18.1. The average molecular weight is 342 g/mol. The lowest BCUT2D eigenvalue weighted by molar-refractivity contribution is 0.427. The first-order valence-electron chi connectivity index (χ1n) is 9.73. The molecule has 2 aromatic rings. The van der Waals surface area contributed by atoms with Crippen molar-refractivity contribution in [3.63, 3.8) is 0 Å². The molecular weight excluding hydrogens is 312 g/mol. The quantitative estimate of drug-likeness (QED) is 0.553. The smallest absolute Gasteiger partial charge is 0.339 e. The van der Waals surface area contributed by atoms with Crippen LogP contribution >= 0.6 is 0 Å². The maximum atomic E-state index is 12.3. The molecule has 25 heavy (non-hydrogen) atoms. The number of hydrogen-bond acceptors (Lipinski definition) is 3. The minimum atomic E-state index is -0.230. The molecule has 0 fully saturated rings. The molecule has 3 atom stereocenters. The largest absolute Gasteiger partial charge is 0.507 e. The summed E-state index contributed by atoms with van der Waals surface area (Å²) < 4.78 is 5.59. The molecule has 1 heterocycles. The summed E-state index contributed by atoms with van der Waals surface area (Å²) in [6.45, 7) is 8.82. The number of aromatic hydroxyl groups is 1. The number of hydrogen-bond donors (Lipinski definition) is 1. The second-order valence-corrected chi connectivity index (χ2v) is 8.03. The van der Waals surface area contributed by atoms with Gasteiger partial charge in [0.1, 0.15) is 11.3 Å². The number of phenols is 1. The van der Waals surface area contributed by atoms with Gasteiger partial charge in [0.15, 0.2) is 0 Å². The summed E-state index contributed by atoms with van der Waals surface area (Å²) >= 11 is 0. The Kier molecular flexibility index (Phi) is 5.21. The Bertz CT molecular complexity index is 818. The summed E-state index contributed by atoms with van der Waals surface area (Å²) in [6, 6.07) is 3.85. The van der Waals surface area contributed by atoms with E-state index in [0.29, 0.717) is 23.3 Å². The normalized spacial score (nSPS) is 19.1. The van der Waals surface area contributed by atoms with Gasteiger partial charge >= 0.3 is 5.63 Å². The molecule has 1 aromatic carbocycles. The van der Waals surface area contributed by atoms with Crippen molar-refractivity contribution in [3.05, 3.63) is 39.2 Å². The highest BCUT2D eigenvalue weighted by Crippen LogP contribution is 2.39. The van der Waals surface area contributed by atoms with Crippen LogP contribution in [-0.4, -0.2) is 5.11 Å². The van der Waals surface area contributed by atoms with Crippen LogP contribution in [0.25, 0.3) is 11.0 Å². The van der Waals surface area contributed by atoms with Gasteiger partial charge in [0.05, 0.1) is 5.39 Å². The molecular formula is C22H30O3. The first-order valence-corrected chi connectivity index (χ1v) is 9.73. The Morgan fingerprint density at radius 1 is 1.20 bits per heavy atom. The average Bonchev–Trinajstić information content (AvgIpc) is 2.95. The summed E-state index contributed by atoms with van der Waals surface area (Å²) in [5.74, 6) is 1.54. The van der Waals surface area contributed by atoms with Crippen LogP contribution in [0.5, 0.6) is 5.75 Å². The number of fused-ring (bicyclic) bond motifs is 3. The zero-order valence-corrected chi connectivity index (χ0v) is 15.9. The fourth-order valence-electron chi connectivity index (χ4n) is 4.20. The van der Waals surface area contributed by atoms with E-state index >= 15 is 0 Å². The predicted octanol–water partition coefficient (Wildman–Crippen LogP) is 5.55. The van der Waals surface area contributed by atoms with Crippen LogP contribution in [0, 0.1) is 11.8 Å².